The van der Waals surface area contributed by atoms with Gasteiger partial charge in [-0.2, -0.15) is 0 Å². The molecule has 0 aliphatic heterocycles. The van der Waals surface area contributed by atoms with Gasteiger partial charge in [-0.3, -0.25) is 0 Å². The molecule has 0 unspecified atom stereocenters. The average molecular weight is 248 g/mol. The molecule has 2 aromatic rings. The lowest BCUT2D eigenvalue weighted by atomic mass is 9.62. The van der Waals surface area contributed by atoms with E-state index in [-0.39, 0.29) is 0 Å². The number of rotatable bonds is 1. The zero-order valence-corrected chi connectivity index (χ0v) is 11.0. The van der Waals surface area contributed by atoms with E-state index in [1.165, 1.54) is 27.8 Å². The first-order chi connectivity index (χ1) is 9.40. The Balaban J connectivity index is 2.01. The highest BCUT2D eigenvalue weighted by molar-refractivity contribution is 5.60. The third kappa shape index (κ3) is 1.42. The van der Waals surface area contributed by atoms with Crippen LogP contribution in [0.1, 0.15) is 40.5 Å². The minimum atomic E-state index is 0.386. The number of hydrogen-bond donors (Lipinski definition) is 0. The predicted octanol–water partition coefficient (Wildman–Crippen LogP) is 4.20. The van der Waals surface area contributed by atoms with Crippen molar-refractivity contribution in [3.63, 3.8) is 0 Å². The first-order valence-corrected chi connectivity index (χ1v) is 6.79. The summed E-state index contributed by atoms with van der Waals surface area (Å²) in [6.45, 7) is 0. The van der Waals surface area contributed by atoms with Crippen LogP contribution >= 0.6 is 0 Å². The largest absolute Gasteiger partial charge is 0.504 e. The van der Waals surface area contributed by atoms with Crippen molar-refractivity contribution in [1.29, 1.82) is 0 Å². The number of allylic oxidation sites excluding steroid dienone is 1. The van der Waals surface area contributed by atoms with Gasteiger partial charge in [0.15, 0.2) is 0 Å². The molecule has 1 heteroatoms. The van der Waals surface area contributed by atoms with Crippen LogP contribution in [0.3, 0.4) is 0 Å². The van der Waals surface area contributed by atoms with Crippen molar-refractivity contribution in [2.75, 3.05) is 7.11 Å². The second-order valence-corrected chi connectivity index (χ2v) is 5.38. The molecule has 0 heterocycles. The van der Waals surface area contributed by atoms with E-state index >= 15 is 0 Å². The Bertz CT molecular complexity index is 621. The third-order valence-corrected chi connectivity index (χ3v) is 4.44. The Morgan fingerprint density at radius 3 is 1.95 bits per heavy atom. The zero-order valence-electron chi connectivity index (χ0n) is 11.0. The van der Waals surface area contributed by atoms with Gasteiger partial charge in [0.1, 0.15) is 0 Å². The van der Waals surface area contributed by atoms with Gasteiger partial charge in [-0.25, -0.2) is 0 Å². The molecule has 0 radical (unpaired) electrons. The van der Waals surface area contributed by atoms with E-state index in [0.29, 0.717) is 11.8 Å². The molecular formula is C18H16O. The Kier molecular flexibility index (Phi) is 2.28. The lowest BCUT2D eigenvalue weighted by Gasteiger charge is -2.41. The van der Waals surface area contributed by atoms with Crippen LogP contribution in [-0.2, 0) is 4.74 Å². The lowest BCUT2D eigenvalue weighted by molar-refractivity contribution is 0.328. The second kappa shape index (κ2) is 3.99. The van der Waals surface area contributed by atoms with Crippen LogP contribution in [0.4, 0.5) is 0 Å². The van der Waals surface area contributed by atoms with Gasteiger partial charge in [0, 0.05) is 11.8 Å². The summed E-state index contributed by atoms with van der Waals surface area (Å²) in [4.78, 5) is 0. The van der Waals surface area contributed by atoms with E-state index in [1.807, 2.05) is 6.26 Å². The maximum Gasteiger partial charge on any atom is 0.0826 e. The van der Waals surface area contributed by atoms with Gasteiger partial charge in [0.2, 0.25) is 0 Å². The smallest absolute Gasteiger partial charge is 0.0826 e. The normalized spacial score (nSPS) is 25.0. The highest BCUT2D eigenvalue weighted by Crippen LogP contribution is 2.54. The second-order valence-electron chi connectivity index (χ2n) is 5.38. The molecule has 2 aromatic carbocycles. The molecule has 1 nitrogen and oxygen atoms in total. The molecule has 3 aliphatic carbocycles. The Labute approximate surface area is 113 Å². The SMILES string of the molecule is COC=C1CC2c3ccccc3C1c1ccccc12. The van der Waals surface area contributed by atoms with Crippen molar-refractivity contribution in [3.8, 4) is 0 Å². The average Bonchev–Trinajstić information content (AvgIpc) is 2.48. The summed E-state index contributed by atoms with van der Waals surface area (Å²) in [5.41, 5.74) is 7.32. The van der Waals surface area contributed by atoms with Gasteiger partial charge >= 0.3 is 0 Å². The highest BCUT2D eigenvalue weighted by atomic mass is 16.5. The summed E-state index contributed by atoms with van der Waals surface area (Å²) in [5, 5.41) is 0. The molecule has 0 N–H and O–H groups in total. The van der Waals surface area contributed by atoms with Gasteiger partial charge in [0.25, 0.3) is 0 Å². The van der Waals surface area contributed by atoms with Gasteiger partial charge in [-0.05, 0) is 34.2 Å². The standard InChI is InChI=1S/C18H16O/c1-19-11-12-10-17-13-6-2-4-8-15(13)18(12)16-9-5-3-7-14(16)17/h2-9,11,17-18H,10H2,1H3. The first-order valence-electron chi connectivity index (χ1n) is 6.79. The molecule has 19 heavy (non-hydrogen) atoms. The van der Waals surface area contributed by atoms with Crippen molar-refractivity contribution in [3.05, 3.63) is 82.6 Å². The topological polar surface area (TPSA) is 9.23 Å². The van der Waals surface area contributed by atoms with Crippen LogP contribution in [0, 0.1) is 0 Å². The van der Waals surface area contributed by atoms with E-state index in [0.717, 1.165) is 6.42 Å². The van der Waals surface area contributed by atoms with Gasteiger partial charge in [0.05, 0.1) is 13.4 Å². The molecule has 0 aromatic heterocycles. The van der Waals surface area contributed by atoms with E-state index in [4.69, 9.17) is 4.74 Å². The van der Waals surface area contributed by atoms with Crippen LogP contribution in [0.15, 0.2) is 60.4 Å². The summed E-state index contributed by atoms with van der Waals surface area (Å²) in [6.07, 6.45) is 3.04. The van der Waals surface area contributed by atoms with Crippen LogP contribution in [0.2, 0.25) is 0 Å². The number of hydrogen-bond acceptors (Lipinski definition) is 1. The van der Waals surface area contributed by atoms with Crippen molar-refractivity contribution in [2.24, 2.45) is 0 Å². The van der Waals surface area contributed by atoms with Gasteiger partial charge < -0.3 is 4.74 Å². The molecule has 3 aliphatic rings. The predicted molar refractivity (Wildman–Crippen MR) is 76.3 cm³/mol. The van der Waals surface area contributed by atoms with E-state index in [1.54, 1.807) is 7.11 Å². The monoisotopic (exact) mass is 248 g/mol. The zero-order chi connectivity index (χ0) is 12.8. The van der Waals surface area contributed by atoms with Gasteiger partial charge in [-0.1, -0.05) is 48.5 Å². The summed E-state index contributed by atoms with van der Waals surface area (Å²) in [5.74, 6) is 0.885. The van der Waals surface area contributed by atoms with Crippen molar-refractivity contribution in [1.82, 2.24) is 0 Å². The minimum Gasteiger partial charge on any atom is -0.504 e. The molecule has 5 rings (SSSR count). The van der Waals surface area contributed by atoms with Crippen molar-refractivity contribution < 1.29 is 4.74 Å². The number of benzene rings is 2. The number of ether oxygens (including phenoxy) is 1. The summed E-state index contributed by atoms with van der Waals surface area (Å²) < 4.78 is 5.30. The van der Waals surface area contributed by atoms with Crippen LogP contribution in [0.25, 0.3) is 0 Å². The van der Waals surface area contributed by atoms with E-state index < -0.39 is 0 Å². The van der Waals surface area contributed by atoms with Crippen LogP contribution < -0.4 is 0 Å². The van der Waals surface area contributed by atoms with E-state index in [9.17, 15) is 0 Å². The maximum atomic E-state index is 5.30. The Hall–Kier alpha value is -2.02. The van der Waals surface area contributed by atoms with Crippen molar-refractivity contribution >= 4 is 0 Å². The van der Waals surface area contributed by atoms with Crippen molar-refractivity contribution in [2.45, 2.75) is 18.3 Å². The number of methoxy groups -OCH3 is 1. The molecule has 94 valence electrons. The third-order valence-electron chi connectivity index (χ3n) is 4.44. The molecule has 2 bridgehead atoms. The number of fused-ring (bicyclic) bond motifs is 1. The molecule has 0 amide bonds. The Morgan fingerprint density at radius 1 is 0.895 bits per heavy atom. The summed E-state index contributed by atoms with van der Waals surface area (Å²) in [7, 11) is 1.74. The molecule has 0 spiro atoms. The highest BCUT2D eigenvalue weighted by Gasteiger charge is 2.39. The molecule has 0 fully saturated rings. The van der Waals surface area contributed by atoms with Gasteiger partial charge in [-0.15, -0.1) is 0 Å². The first kappa shape index (κ1) is 10.9. The quantitative estimate of drug-likeness (QED) is 0.687. The maximum absolute atomic E-state index is 5.30. The lowest BCUT2D eigenvalue weighted by Crippen LogP contribution is -2.26. The Morgan fingerprint density at radius 2 is 1.42 bits per heavy atom. The fourth-order valence-corrected chi connectivity index (χ4v) is 3.76. The molecule has 0 atom stereocenters. The molecule has 0 saturated carbocycles. The fraction of sp³-hybridized carbons (Fsp3) is 0.222. The fourth-order valence-electron chi connectivity index (χ4n) is 3.76. The summed E-state index contributed by atoms with van der Waals surface area (Å²) in [6, 6.07) is 17.7. The van der Waals surface area contributed by atoms with Crippen LogP contribution in [-0.4, -0.2) is 7.11 Å². The molecular weight excluding hydrogens is 232 g/mol. The molecule has 0 saturated heterocycles. The van der Waals surface area contributed by atoms with E-state index in [2.05, 4.69) is 48.5 Å². The minimum absolute atomic E-state index is 0.386. The van der Waals surface area contributed by atoms with Crippen LogP contribution in [0.5, 0.6) is 0 Å². The summed E-state index contributed by atoms with van der Waals surface area (Å²) >= 11 is 0.